The Hall–Kier alpha value is -2.55. The van der Waals surface area contributed by atoms with Crippen molar-refractivity contribution in [1.82, 2.24) is 0 Å². The van der Waals surface area contributed by atoms with Gasteiger partial charge in [0.2, 0.25) is 0 Å². The Morgan fingerprint density at radius 1 is 0.596 bits per heavy atom. The van der Waals surface area contributed by atoms with Crippen molar-refractivity contribution in [2.24, 2.45) is 5.73 Å². The second kappa shape index (κ2) is 38.2. The van der Waals surface area contributed by atoms with Gasteiger partial charge in [0.15, 0.2) is 6.10 Å². The monoisotopic (exact) mass is 749 g/mol. The molecule has 1 unspecified atom stereocenters. The van der Waals surface area contributed by atoms with Crippen LogP contribution in [0.1, 0.15) is 149 Å². The number of hydrogen-bond donors (Lipinski definition) is 2. The van der Waals surface area contributed by atoms with E-state index in [1.54, 1.807) is 0 Å². The summed E-state index contributed by atoms with van der Waals surface area (Å²) < 4.78 is 32.6. The maximum absolute atomic E-state index is 12.5. The van der Waals surface area contributed by atoms with E-state index in [-0.39, 0.29) is 32.6 Å². The zero-order valence-corrected chi connectivity index (χ0v) is 33.4. The summed E-state index contributed by atoms with van der Waals surface area (Å²) >= 11 is 0. The van der Waals surface area contributed by atoms with Crippen LogP contribution in [0.3, 0.4) is 0 Å². The van der Waals surface area contributed by atoms with Gasteiger partial charge in [0.1, 0.15) is 6.61 Å². The summed E-state index contributed by atoms with van der Waals surface area (Å²) in [6.07, 6.45) is 45.0. The molecule has 0 saturated heterocycles. The van der Waals surface area contributed by atoms with Crippen LogP contribution in [0.2, 0.25) is 0 Å². The largest absolute Gasteiger partial charge is 0.472 e. The number of hydrogen-bond acceptors (Lipinski definition) is 8. The maximum atomic E-state index is 12.5. The minimum absolute atomic E-state index is 0.0428. The third-order valence-electron chi connectivity index (χ3n) is 7.83. The van der Waals surface area contributed by atoms with Gasteiger partial charge in [-0.2, -0.15) is 0 Å². The number of nitrogens with two attached hydrogens (primary N) is 1. The molecule has 298 valence electrons. The quantitative estimate of drug-likeness (QED) is 0.0278. The number of unbranched alkanes of at least 4 members (excludes halogenated alkanes) is 11. The second-order valence-corrected chi connectivity index (χ2v) is 14.2. The lowest BCUT2D eigenvalue weighted by Gasteiger charge is -2.19. The van der Waals surface area contributed by atoms with Crippen molar-refractivity contribution in [1.29, 1.82) is 0 Å². The van der Waals surface area contributed by atoms with Gasteiger partial charge in [-0.15, -0.1) is 0 Å². The van der Waals surface area contributed by atoms with Gasteiger partial charge in [0.25, 0.3) is 0 Å². The SMILES string of the molecule is CC/C=C/C/C=C/C/C=C/C/C=C/C/C=C/CCCCCC(=O)O[C@H](COC(=O)CCCCCCC/C=C/CCCCC)COP(=O)(O)OCCN. The fourth-order valence-corrected chi connectivity index (χ4v) is 5.65. The Bertz CT molecular complexity index is 1080. The Balaban J connectivity index is 4.30. The lowest BCUT2D eigenvalue weighted by atomic mass is 10.1. The molecule has 0 aliphatic rings. The summed E-state index contributed by atoms with van der Waals surface area (Å²) in [5.74, 6) is -0.886. The van der Waals surface area contributed by atoms with Crippen molar-refractivity contribution in [3.63, 3.8) is 0 Å². The molecule has 0 aliphatic heterocycles. The number of phosphoric ester groups is 1. The fourth-order valence-electron chi connectivity index (χ4n) is 4.89. The van der Waals surface area contributed by atoms with Gasteiger partial charge < -0.3 is 20.1 Å². The highest BCUT2D eigenvalue weighted by Gasteiger charge is 2.25. The molecule has 10 heteroatoms. The Kier molecular flexibility index (Phi) is 36.3. The van der Waals surface area contributed by atoms with Crippen molar-refractivity contribution in [2.75, 3.05) is 26.4 Å². The van der Waals surface area contributed by atoms with Crippen molar-refractivity contribution >= 4 is 19.8 Å². The van der Waals surface area contributed by atoms with Gasteiger partial charge in [-0.1, -0.05) is 125 Å². The Morgan fingerprint density at radius 2 is 1.06 bits per heavy atom. The molecule has 0 aromatic heterocycles. The molecule has 52 heavy (non-hydrogen) atoms. The van der Waals surface area contributed by atoms with E-state index in [4.69, 9.17) is 24.3 Å². The number of carbonyl (C=O) groups is 2. The average Bonchev–Trinajstić information content (AvgIpc) is 3.13. The minimum Gasteiger partial charge on any atom is -0.462 e. The Labute approximate surface area is 316 Å². The number of phosphoric acid groups is 1. The van der Waals surface area contributed by atoms with E-state index in [1.165, 1.54) is 19.3 Å². The van der Waals surface area contributed by atoms with Crippen LogP contribution in [0, 0.1) is 0 Å². The summed E-state index contributed by atoms with van der Waals surface area (Å²) in [7, 11) is -4.39. The highest BCUT2D eigenvalue weighted by molar-refractivity contribution is 7.47. The van der Waals surface area contributed by atoms with Gasteiger partial charge in [0, 0.05) is 19.4 Å². The zero-order valence-electron chi connectivity index (χ0n) is 32.5. The van der Waals surface area contributed by atoms with Crippen molar-refractivity contribution in [2.45, 2.75) is 155 Å². The predicted octanol–water partition coefficient (Wildman–Crippen LogP) is 11.1. The van der Waals surface area contributed by atoms with Gasteiger partial charge in [-0.05, 0) is 83.5 Å². The lowest BCUT2D eigenvalue weighted by molar-refractivity contribution is -0.161. The average molecular weight is 750 g/mol. The summed E-state index contributed by atoms with van der Waals surface area (Å²) in [6.45, 7) is 3.51. The van der Waals surface area contributed by atoms with Gasteiger partial charge in [-0.3, -0.25) is 18.6 Å². The maximum Gasteiger partial charge on any atom is 0.472 e. The third-order valence-corrected chi connectivity index (χ3v) is 8.81. The summed E-state index contributed by atoms with van der Waals surface area (Å²) in [5, 5.41) is 0. The van der Waals surface area contributed by atoms with Crippen LogP contribution in [0.25, 0.3) is 0 Å². The van der Waals surface area contributed by atoms with E-state index in [9.17, 15) is 19.0 Å². The summed E-state index contributed by atoms with van der Waals surface area (Å²) in [4.78, 5) is 34.7. The van der Waals surface area contributed by atoms with E-state index in [0.29, 0.717) is 12.8 Å². The standard InChI is InChI=1S/C42H72NO8P/c1-3-5-7-9-11-13-15-17-18-19-20-21-22-23-25-27-29-31-33-35-42(45)51-40(39-50-52(46,47)49-37-36-43)38-48-41(44)34-32-30-28-26-24-16-14-12-10-8-6-4-2/h5,7,11-14,17-18,20-21,23,25,40H,3-4,6,8-10,15-16,19,22,24,26-39,43H2,1-2H3,(H,46,47)/b7-5+,13-11+,14-12+,18-17+,21-20+,25-23+/t40-/m1/s1. The molecular weight excluding hydrogens is 677 g/mol. The van der Waals surface area contributed by atoms with E-state index in [1.807, 2.05) is 0 Å². The Morgan fingerprint density at radius 3 is 1.62 bits per heavy atom. The number of rotatable bonds is 36. The minimum atomic E-state index is -4.39. The van der Waals surface area contributed by atoms with Gasteiger partial charge in [0.05, 0.1) is 13.2 Å². The molecule has 3 N–H and O–H groups in total. The predicted molar refractivity (Wildman–Crippen MR) is 215 cm³/mol. The van der Waals surface area contributed by atoms with Crippen molar-refractivity contribution < 1.29 is 37.6 Å². The van der Waals surface area contributed by atoms with E-state index in [0.717, 1.165) is 89.9 Å². The normalized spacial score (nSPS) is 14.2. The zero-order chi connectivity index (χ0) is 38.2. The first-order valence-corrected chi connectivity index (χ1v) is 21.4. The van der Waals surface area contributed by atoms with E-state index >= 15 is 0 Å². The first kappa shape index (κ1) is 49.5. The van der Waals surface area contributed by atoms with Crippen molar-refractivity contribution in [3.8, 4) is 0 Å². The molecule has 0 aromatic carbocycles. The molecule has 0 aromatic rings. The molecule has 0 aliphatic carbocycles. The molecule has 0 bridgehead atoms. The van der Waals surface area contributed by atoms with E-state index < -0.39 is 32.5 Å². The highest BCUT2D eigenvalue weighted by atomic mass is 31.2. The molecule has 0 radical (unpaired) electrons. The number of carbonyl (C=O) groups excluding carboxylic acids is 2. The third kappa shape index (κ3) is 37.2. The summed E-state index contributed by atoms with van der Waals surface area (Å²) in [6, 6.07) is 0. The van der Waals surface area contributed by atoms with Crippen LogP contribution in [-0.2, 0) is 32.7 Å². The lowest BCUT2D eigenvalue weighted by Crippen LogP contribution is -2.29. The molecule has 0 heterocycles. The van der Waals surface area contributed by atoms with Crippen LogP contribution >= 0.6 is 7.82 Å². The van der Waals surface area contributed by atoms with Crippen LogP contribution < -0.4 is 5.73 Å². The molecule has 9 nitrogen and oxygen atoms in total. The first-order chi connectivity index (χ1) is 25.3. The van der Waals surface area contributed by atoms with E-state index in [2.05, 4.69) is 86.8 Å². The molecule has 0 spiro atoms. The molecule has 0 rings (SSSR count). The van der Waals surface area contributed by atoms with Crippen LogP contribution in [0.5, 0.6) is 0 Å². The topological polar surface area (TPSA) is 134 Å². The molecular formula is C42H72NO8P. The van der Waals surface area contributed by atoms with Crippen LogP contribution in [0.15, 0.2) is 72.9 Å². The molecule has 0 fully saturated rings. The van der Waals surface area contributed by atoms with Crippen molar-refractivity contribution in [3.05, 3.63) is 72.9 Å². The molecule has 0 amide bonds. The number of ether oxygens (including phenoxy) is 2. The fraction of sp³-hybridized carbons (Fsp3) is 0.667. The highest BCUT2D eigenvalue weighted by Crippen LogP contribution is 2.43. The number of allylic oxidation sites excluding steroid dienone is 12. The summed E-state index contributed by atoms with van der Waals surface area (Å²) in [5.41, 5.74) is 5.33. The first-order valence-electron chi connectivity index (χ1n) is 19.9. The van der Waals surface area contributed by atoms with Crippen LogP contribution in [0.4, 0.5) is 0 Å². The molecule has 2 atom stereocenters. The number of esters is 2. The molecule has 0 saturated carbocycles. The van der Waals surface area contributed by atoms with Gasteiger partial charge in [-0.25, -0.2) is 4.57 Å². The van der Waals surface area contributed by atoms with Crippen LogP contribution in [-0.4, -0.2) is 49.3 Å². The smallest absolute Gasteiger partial charge is 0.462 e. The second-order valence-electron chi connectivity index (χ2n) is 12.8. The van der Waals surface area contributed by atoms with Gasteiger partial charge >= 0.3 is 19.8 Å².